The molecule has 2 aromatic rings. The first kappa shape index (κ1) is 17.3. The number of nitrogens with one attached hydrogen (secondary N) is 2. The van der Waals surface area contributed by atoms with E-state index in [1.54, 1.807) is 0 Å². The van der Waals surface area contributed by atoms with Gasteiger partial charge in [-0.05, 0) is 43.3 Å². The molecule has 0 bridgehead atoms. The van der Waals surface area contributed by atoms with Gasteiger partial charge in [-0.25, -0.2) is 4.79 Å². The molecule has 8 heteroatoms. The zero-order chi connectivity index (χ0) is 18.0. The number of aromatic nitrogens is 2. The number of amides is 1. The van der Waals surface area contributed by atoms with Gasteiger partial charge in [0.05, 0.1) is 23.6 Å². The van der Waals surface area contributed by atoms with Crippen molar-refractivity contribution >= 4 is 35.0 Å². The number of aromatic amines is 1. The van der Waals surface area contributed by atoms with Crippen LogP contribution in [-0.2, 0) is 16.1 Å². The molecule has 7 nitrogen and oxygen atoms in total. The van der Waals surface area contributed by atoms with Gasteiger partial charge in [-0.15, -0.1) is 0 Å². The van der Waals surface area contributed by atoms with Crippen LogP contribution >= 0.6 is 12.2 Å². The monoisotopic (exact) mass is 361 g/mol. The second kappa shape index (κ2) is 7.18. The summed E-state index contributed by atoms with van der Waals surface area (Å²) >= 11 is 5.22. The average molecular weight is 361 g/mol. The van der Waals surface area contributed by atoms with E-state index in [0.29, 0.717) is 16.5 Å². The Morgan fingerprint density at radius 2 is 2.08 bits per heavy atom. The summed E-state index contributed by atoms with van der Waals surface area (Å²) in [6.07, 6.45) is 4.18. The fraction of sp³-hybridized carbons (Fsp3) is 0.412. The van der Waals surface area contributed by atoms with E-state index in [2.05, 4.69) is 15.0 Å². The van der Waals surface area contributed by atoms with Crippen molar-refractivity contribution in [2.45, 2.75) is 38.3 Å². The predicted octanol–water partition coefficient (Wildman–Crippen LogP) is 1.90. The lowest BCUT2D eigenvalue weighted by Gasteiger charge is -2.13. The number of fused-ring (bicyclic) bond motifs is 1. The maximum Gasteiger partial charge on any atom is 0.337 e. The van der Waals surface area contributed by atoms with Crippen molar-refractivity contribution < 1.29 is 14.3 Å². The molecule has 0 unspecified atom stereocenters. The summed E-state index contributed by atoms with van der Waals surface area (Å²) in [5.41, 5.74) is 0.388. The van der Waals surface area contributed by atoms with Gasteiger partial charge in [0.2, 0.25) is 5.91 Å². The molecular weight excluding hydrogens is 342 g/mol. The Morgan fingerprint density at radius 1 is 1.36 bits per heavy atom. The van der Waals surface area contributed by atoms with Gasteiger partial charge in [0.25, 0.3) is 5.56 Å². The molecule has 1 aliphatic carbocycles. The molecule has 3 rings (SSSR count). The molecule has 1 aliphatic rings. The lowest BCUT2D eigenvalue weighted by Crippen LogP contribution is -2.38. The average Bonchev–Trinajstić information content (AvgIpc) is 3.10. The van der Waals surface area contributed by atoms with Crippen molar-refractivity contribution in [2.75, 3.05) is 7.11 Å². The van der Waals surface area contributed by atoms with E-state index in [4.69, 9.17) is 12.2 Å². The quantitative estimate of drug-likeness (QED) is 0.641. The Kier molecular flexibility index (Phi) is 4.98. The normalized spacial score (nSPS) is 14.6. The number of carbonyl (C=O) groups excluding carboxylic acids is 2. The van der Waals surface area contributed by atoms with E-state index >= 15 is 0 Å². The summed E-state index contributed by atoms with van der Waals surface area (Å²) in [4.78, 5) is 39.4. The lowest BCUT2D eigenvalue weighted by molar-refractivity contribution is -0.122. The van der Waals surface area contributed by atoms with Crippen molar-refractivity contribution in [1.82, 2.24) is 14.9 Å². The third-order valence-corrected chi connectivity index (χ3v) is 4.75. The first-order valence-corrected chi connectivity index (χ1v) is 8.55. The molecule has 1 aromatic carbocycles. The maximum atomic E-state index is 12.7. The Bertz CT molecular complexity index is 941. The van der Waals surface area contributed by atoms with E-state index < -0.39 is 5.97 Å². The highest BCUT2D eigenvalue weighted by molar-refractivity contribution is 7.71. The number of benzene rings is 1. The molecule has 1 aromatic heterocycles. The molecule has 2 N–H and O–H groups in total. The van der Waals surface area contributed by atoms with Gasteiger partial charge in [0, 0.05) is 6.04 Å². The number of nitrogens with zero attached hydrogens (tertiary/aromatic N) is 1. The Hall–Kier alpha value is -2.48. The first-order chi connectivity index (χ1) is 12.0. The van der Waals surface area contributed by atoms with Gasteiger partial charge in [-0.1, -0.05) is 12.8 Å². The van der Waals surface area contributed by atoms with E-state index in [0.717, 1.165) is 25.7 Å². The molecule has 1 heterocycles. The van der Waals surface area contributed by atoms with E-state index in [1.165, 1.54) is 29.9 Å². The Labute approximate surface area is 149 Å². The second-order valence-corrected chi connectivity index (χ2v) is 6.51. The standard InChI is InChI=1S/C17H19N3O4S/c1-24-16(23)10-6-7-12-13(8-10)19-17(25)20(15(12)22)9-14(21)18-11-4-2-3-5-11/h6-8,11H,2-5,9H2,1H3,(H,18,21)(H,19,25). The fourth-order valence-corrected chi connectivity index (χ4v) is 3.39. The number of hydrogen-bond acceptors (Lipinski definition) is 5. The molecular formula is C17H19N3O4S. The summed E-state index contributed by atoms with van der Waals surface area (Å²) in [5, 5.41) is 3.30. The van der Waals surface area contributed by atoms with Gasteiger partial charge in [0.15, 0.2) is 4.77 Å². The highest BCUT2D eigenvalue weighted by atomic mass is 32.1. The minimum absolute atomic E-state index is 0.126. The van der Waals surface area contributed by atoms with Crippen molar-refractivity contribution in [3.63, 3.8) is 0 Å². The Balaban J connectivity index is 1.91. The molecule has 132 valence electrons. The molecule has 0 saturated heterocycles. The van der Waals surface area contributed by atoms with Crippen LogP contribution in [0.15, 0.2) is 23.0 Å². The molecule has 0 aliphatic heterocycles. The number of ether oxygens (including phenoxy) is 1. The SMILES string of the molecule is COC(=O)c1ccc2c(=O)n(CC(=O)NC3CCCC3)c(=S)[nH]c2c1. The van der Waals surface area contributed by atoms with Crippen molar-refractivity contribution in [3.05, 3.63) is 38.9 Å². The molecule has 1 saturated carbocycles. The van der Waals surface area contributed by atoms with Gasteiger partial charge >= 0.3 is 5.97 Å². The number of hydrogen-bond donors (Lipinski definition) is 2. The topological polar surface area (TPSA) is 93.2 Å². The van der Waals surface area contributed by atoms with Crippen LogP contribution in [0.1, 0.15) is 36.0 Å². The first-order valence-electron chi connectivity index (χ1n) is 8.14. The van der Waals surface area contributed by atoms with Gasteiger partial charge < -0.3 is 15.0 Å². The van der Waals surface area contributed by atoms with Crippen LogP contribution < -0.4 is 10.9 Å². The molecule has 0 atom stereocenters. The van der Waals surface area contributed by atoms with Crippen LogP contribution in [0, 0.1) is 4.77 Å². The number of esters is 1. The highest BCUT2D eigenvalue weighted by Crippen LogP contribution is 2.17. The minimum Gasteiger partial charge on any atom is -0.465 e. The van der Waals surface area contributed by atoms with Crippen LogP contribution in [0.2, 0.25) is 0 Å². The van der Waals surface area contributed by atoms with Crippen LogP contribution in [0.5, 0.6) is 0 Å². The van der Waals surface area contributed by atoms with Gasteiger partial charge in [-0.3, -0.25) is 14.2 Å². The van der Waals surface area contributed by atoms with E-state index in [-0.39, 0.29) is 28.8 Å². The van der Waals surface area contributed by atoms with Crippen molar-refractivity contribution in [3.8, 4) is 0 Å². The van der Waals surface area contributed by atoms with Crippen molar-refractivity contribution in [2.24, 2.45) is 0 Å². The maximum absolute atomic E-state index is 12.7. The number of carbonyl (C=O) groups is 2. The van der Waals surface area contributed by atoms with Crippen LogP contribution in [0.4, 0.5) is 0 Å². The molecule has 0 radical (unpaired) electrons. The van der Waals surface area contributed by atoms with Gasteiger partial charge in [0.1, 0.15) is 6.54 Å². The summed E-state index contributed by atoms with van der Waals surface area (Å²) in [6.45, 7) is -0.126. The molecule has 25 heavy (non-hydrogen) atoms. The molecule has 0 spiro atoms. The Morgan fingerprint density at radius 3 is 2.76 bits per heavy atom. The van der Waals surface area contributed by atoms with Gasteiger partial charge in [-0.2, -0.15) is 0 Å². The van der Waals surface area contributed by atoms with Crippen LogP contribution in [-0.4, -0.2) is 34.6 Å². The van der Waals surface area contributed by atoms with Crippen LogP contribution in [0.25, 0.3) is 10.9 Å². The largest absolute Gasteiger partial charge is 0.465 e. The lowest BCUT2D eigenvalue weighted by atomic mass is 10.1. The summed E-state index contributed by atoms with van der Waals surface area (Å²) in [6, 6.07) is 4.74. The zero-order valence-corrected chi connectivity index (χ0v) is 14.6. The second-order valence-electron chi connectivity index (χ2n) is 6.12. The molecule has 1 fully saturated rings. The summed E-state index contributed by atoms with van der Waals surface area (Å²) in [7, 11) is 1.29. The fourth-order valence-electron chi connectivity index (χ4n) is 3.13. The number of methoxy groups -OCH3 is 1. The van der Waals surface area contributed by atoms with E-state index in [1.807, 2.05) is 0 Å². The summed E-state index contributed by atoms with van der Waals surface area (Å²) < 4.78 is 6.05. The minimum atomic E-state index is -0.499. The zero-order valence-electron chi connectivity index (χ0n) is 13.8. The van der Waals surface area contributed by atoms with Crippen molar-refractivity contribution in [1.29, 1.82) is 0 Å². The number of H-pyrrole nitrogens is 1. The molecule has 1 amide bonds. The van der Waals surface area contributed by atoms with E-state index in [9.17, 15) is 14.4 Å². The third-order valence-electron chi connectivity index (χ3n) is 4.42. The number of rotatable bonds is 4. The highest BCUT2D eigenvalue weighted by Gasteiger charge is 2.18. The third kappa shape index (κ3) is 3.63. The van der Waals surface area contributed by atoms with Crippen LogP contribution in [0.3, 0.4) is 0 Å². The summed E-state index contributed by atoms with van der Waals surface area (Å²) in [5.74, 6) is -0.722. The smallest absolute Gasteiger partial charge is 0.337 e. The predicted molar refractivity (Wildman–Crippen MR) is 95.1 cm³/mol.